The lowest BCUT2D eigenvalue weighted by Crippen LogP contribution is -2.22. The van der Waals surface area contributed by atoms with E-state index in [2.05, 4.69) is 30.9 Å². The van der Waals surface area contributed by atoms with Gasteiger partial charge in [-0.2, -0.15) is 4.98 Å². The van der Waals surface area contributed by atoms with Crippen LogP contribution in [0.15, 0.2) is 10.9 Å². The largest absolute Gasteiger partial charge is 0.339 e. The predicted octanol–water partition coefficient (Wildman–Crippen LogP) is 5.27. The molecule has 1 aromatic rings. The summed E-state index contributed by atoms with van der Waals surface area (Å²) in [6, 6.07) is 0. The quantitative estimate of drug-likeness (QED) is 0.512. The maximum absolute atomic E-state index is 5.35. The molecular weight excluding hydrogens is 236 g/mol. The predicted molar refractivity (Wildman–Crippen MR) is 79.2 cm³/mol. The summed E-state index contributed by atoms with van der Waals surface area (Å²) in [5.41, 5.74) is 0.0813. The molecule has 3 heteroatoms. The van der Waals surface area contributed by atoms with Crippen LogP contribution in [-0.2, 0) is 5.41 Å². The lowest BCUT2D eigenvalue weighted by Gasteiger charge is -2.25. The van der Waals surface area contributed by atoms with Crippen LogP contribution in [0, 0.1) is 0 Å². The van der Waals surface area contributed by atoms with Crippen molar-refractivity contribution in [1.82, 2.24) is 10.1 Å². The topological polar surface area (TPSA) is 38.9 Å². The van der Waals surface area contributed by atoms with Gasteiger partial charge in [0.2, 0.25) is 5.89 Å². The molecule has 110 valence electrons. The first-order valence-electron chi connectivity index (χ1n) is 8.00. The van der Waals surface area contributed by atoms with Crippen LogP contribution in [0.25, 0.3) is 0 Å². The van der Waals surface area contributed by atoms with Crippen molar-refractivity contribution in [2.45, 2.75) is 90.4 Å². The van der Waals surface area contributed by atoms with Crippen LogP contribution in [0.4, 0.5) is 0 Å². The zero-order valence-electron chi connectivity index (χ0n) is 13.0. The summed E-state index contributed by atoms with van der Waals surface area (Å²) in [6.45, 7) is 6.79. The fraction of sp³-hybridized carbons (Fsp3) is 0.875. The Morgan fingerprint density at radius 2 is 1.53 bits per heavy atom. The fourth-order valence-electron chi connectivity index (χ4n) is 2.66. The first kappa shape index (κ1) is 16.2. The van der Waals surface area contributed by atoms with Crippen LogP contribution in [0.1, 0.15) is 90.9 Å². The summed E-state index contributed by atoms with van der Waals surface area (Å²) in [5, 5.41) is 3.79. The van der Waals surface area contributed by atoms with Crippen molar-refractivity contribution >= 4 is 0 Å². The minimum Gasteiger partial charge on any atom is -0.339 e. The number of unbranched alkanes of at least 4 members (excludes halogenated alkanes) is 6. The normalized spacial score (nSPS) is 11.9. The zero-order valence-corrected chi connectivity index (χ0v) is 13.0. The minimum absolute atomic E-state index is 0.0813. The van der Waals surface area contributed by atoms with E-state index in [1.807, 2.05) is 0 Å². The molecule has 1 aromatic heterocycles. The number of nitrogens with zero attached hydrogens (tertiary/aromatic N) is 2. The second kappa shape index (κ2) is 9.11. The van der Waals surface area contributed by atoms with Gasteiger partial charge in [-0.25, -0.2) is 0 Å². The number of hydrogen-bond acceptors (Lipinski definition) is 3. The van der Waals surface area contributed by atoms with Gasteiger partial charge in [0.15, 0.2) is 6.33 Å². The van der Waals surface area contributed by atoms with E-state index >= 15 is 0 Å². The fourth-order valence-corrected chi connectivity index (χ4v) is 2.66. The molecule has 0 amide bonds. The summed E-state index contributed by atoms with van der Waals surface area (Å²) in [6.07, 6.45) is 14.3. The first-order chi connectivity index (χ1) is 9.23. The molecule has 0 bridgehead atoms. The Balaban J connectivity index is 2.47. The molecule has 1 heterocycles. The van der Waals surface area contributed by atoms with Crippen LogP contribution in [-0.4, -0.2) is 10.1 Å². The van der Waals surface area contributed by atoms with Gasteiger partial charge in [-0.05, 0) is 12.8 Å². The average Bonchev–Trinajstić information content (AvgIpc) is 2.95. The Hall–Kier alpha value is -0.860. The van der Waals surface area contributed by atoms with E-state index in [9.17, 15) is 0 Å². The molecule has 0 radical (unpaired) electrons. The minimum atomic E-state index is 0.0813. The van der Waals surface area contributed by atoms with Gasteiger partial charge in [0, 0.05) is 5.41 Å². The van der Waals surface area contributed by atoms with Gasteiger partial charge in [-0.15, -0.1) is 0 Å². The molecule has 0 saturated carbocycles. The number of hydrogen-bond donors (Lipinski definition) is 0. The van der Waals surface area contributed by atoms with E-state index in [-0.39, 0.29) is 5.41 Å². The van der Waals surface area contributed by atoms with Gasteiger partial charge >= 0.3 is 0 Å². The van der Waals surface area contributed by atoms with E-state index in [1.54, 1.807) is 0 Å². The maximum atomic E-state index is 5.35. The maximum Gasteiger partial charge on any atom is 0.232 e. The van der Waals surface area contributed by atoms with Crippen molar-refractivity contribution in [2.75, 3.05) is 0 Å². The Labute approximate surface area is 118 Å². The summed E-state index contributed by atoms with van der Waals surface area (Å²) < 4.78 is 5.35. The van der Waals surface area contributed by atoms with Gasteiger partial charge in [-0.3, -0.25) is 0 Å². The molecule has 0 atom stereocenters. The van der Waals surface area contributed by atoms with E-state index in [1.165, 1.54) is 70.5 Å². The lowest BCUT2D eigenvalue weighted by molar-refractivity contribution is 0.254. The summed E-state index contributed by atoms with van der Waals surface area (Å²) in [7, 11) is 0. The van der Waals surface area contributed by atoms with Crippen molar-refractivity contribution in [3.63, 3.8) is 0 Å². The standard InChI is InChI=1S/C16H30N2O/c1-4-6-8-10-12-16(3,13-11-9-7-5-2)15-17-14-18-19-15/h14H,4-13H2,1-3H3. The molecule has 0 N–H and O–H groups in total. The molecule has 0 aromatic carbocycles. The van der Waals surface area contributed by atoms with E-state index in [0.29, 0.717) is 0 Å². The van der Waals surface area contributed by atoms with Gasteiger partial charge in [0.05, 0.1) is 0 Å². The summed E-state index contributed by atoms with van der Waals surface area (Å²) in [5.74, 6) is 0.834. The molecule has 0 aliphatic carbocycles. The van der Waals surface area contributed by atoms with Crippen LogP contribution in [0.3, 0.4) is 0 Å². The molecule has 0 saturated heterocycles. The Kier molecular flexibility index (Phi) is 7.76. The molecule has 1 rings (SSSR count). The van der Waals surface area contributed by atoms with Gasteiger partial charge in [0.1, 0.15) is 0 Å². The SMILES string of the molecule is CCCCCCC(C)(CCCCCC)c1ncno1. The molecule has 19 heavy (non-hydrogen) atoms. The highest BCUT2D eigenvalue weighted by Gasteiger charge is 2.30. The summed E-state index contributed by atoms with van der Waals surface area (Å²) >= 11 is 0. The van der Waals surface area contributed by atoms with Crippen molar-refractivity contribution in [1.29, 1.82) is 0 Å². The van der Waals surface area contributed by atoms with Crippen LogP contribution in [0.5, 0.6) is 0 Å². The zero-order chi connectivity index (χ0) is 14.0. The van der Waals surface area contributed by atoms with E-state index in [4.69, 9.17) is 4.52 Å². The van der Waals surface area contributed by atoms with Gasteiger partial charge in [0.25, 0.3) is 0 Å². The molecule has 0 aliphatic rings. The highest BCUT2D eigenvalue weighted by atomic mass is 16.5. The Morgan fingerprint density at radius 3 is 1.95 bits per heavy atom. The van der Waals surface area contributed by atoms with Crippen molar-refractivity contribution in [3.05, 3.63) is 12.2 Å². The third-order valence-electron chi connectivity index (χ3n) is 4.04. The molecule has 0 fully saturated rings. The highest BCUT2D eigenvalue weighted by molar-refractivity contribution is 5.00. The smallest absolute Gasteiger partial charge is 0.232 e. The van der Waals surface area contributed by atoms with E-state index < -0.39 is 0 Å². The molecule has 3 nitrogen and oxygen atoms in total. The number of aromatic nitrogens is 2. The number of rotatable bonds is 11. The summed E-state index contributed by atoms with van der Waals surface area (Å²) in [4.78, 5) is 4.31. The lowest BCUT2D eigenvalue weighted by atomic mass is 9.79. The Bertz CT molecular complexity index is 297. The average molecular weight is 266 g/mol. The second-order valence-corrected chi connectivity index (χ2v) is 5.93. The third-order valence-corrected chi connectivity index (χ3v) is 4.04. The van der Waals surface area contributed by atoms with Crippen molar-refractivity contribution < 1.29 is 4.52 Å². The van der Waals surface area contributed by atoms with Crippen LogP contribution < -0.4 is 0 Å². The van der Waals surface area contributed by atoms with Crippen LogP contribution in [0.2, 0.25) is 0 Å². The van der Waals surface area contributed by atoms with Crippen LogP contribution >= 0.6 is 0 Å². The highest BCUT2D eigenvalue weighted by Crippen LogP contribution is 2.34. The monoisotopic (exact) mass is 266 g/mol. The molecular formula is C16H30N2O. The molecule has 0 spiro atoms. The third kappa shape index (κ3) is 5.75. The van der Waals surface area contributed by atoms with Crippen molar-refractivity contribution in [2.24, 2.45) is 0 Å². The molecule has 0 unspecified atom stereocenters. The Morgan fingerprint density at radius 1 is 0.947 bits per heavy atom. The second-order valence-electron chi connectivity index (χ2n) is 5.93. The molecule has 0 aliphatic heterocycles. The van der Waals surface area contributed by atoms with Crippen molar-refractivity contribution in [3.8, 4) is 0 Å². The first-order valence-corrected chi connectivity index (χ1v) is 8.00. The van der Waals surface area contributed by atoms with E-state index in [0.717, 1.165) is 5.89 Å². The van der Waals surface area contributed by atoms with Gasteiger partial charge < -0.3 is 4.52 Å². The van der Waals surface area contributed by atoms with Gasteiger partial charge in [-0.1, -0.05) is 77.3 Å².